The number of rotatable bonds is 6. The molecule has 0 bridgehead atoms. The van der Waals surface area contributed by atoms with E-state index in [1.54, 1.807) is 19.5 Å². The fourth-order valence-electron chi connectivity index (χ4n) is 1.33. The van der Waals surface area contributed by atoms with Gasteiger partial charge in [-0.2, -0.15) is 0 Å². The van der Waals surface area contributed by atoms with E-state index in [0.717, 1.165) is 18.8 Å². The third-order valence-electron chi connectivity index (χ3n) is 2.06. The van der Waals surface area contributed by atoms with E-state index >= 15 is 0 Å². The van der Waals surface area contributed by atoms with Gasteiger partial charge in [0.1, 0.15) is 0 Å². The maximum absolute atomic E-state index is 6.05. The molecule has 2 N–H and O–H groups in total. The fourth-order valence-corrected chi connectivity index (χ4v) is 1.57. The molecule has 0 atom stereocenters. The van der Waals surface area contributed by atoms with E-state index in [4.69, 9.17) is 22.1 Å². The Morgan fingerprint density at radius 1 is 1.53 bits per heavy atom. The van der Waals surface area contributed by atoms with Crippen LogP contribution in [0.3, 0.4) is 0 Å². The van der Waals surface area contributed by atoms with Crippen LogP contribution in [0.5, 0.6) is 0 Å². The molecule has 0 aromatic carbocycles. The predicted octanol–water partition coefficient (Wildman–Crippen LogP) is 1.15. The molecule has 1 rings (SSSR count). The lowest BCUT2D eigenvalue weighted by Crippen LogP contribution is -2.32. The molecule has 4 nitrogen and oxygen atoms in total. The molecule has 15 heavy (non-hydrogen) atoms. The zero-order valence-electron chi connectivity index (χ0n) is 8.82. The van der Waals surface area contributed by atoms with E-state index in [0.29, 0.717) is 18.2 Å². The smallest absolute Gasteiger partial charge is 0.0822 e. The Morgan fingerprint density at radius 3 is 2.93 bits per heavy atom. The Morgan fingerprint density at radius 2 is 2.33 bits per heavy atom. The number of nitrogens with two attached hydrogens (primary N) is 1. The van der Waals surface area contributed by atoms with E-state index in [1.807, 2.05) is 6.07 Å². The van der Waals surface area contributed by atoms with Gasteiger partial charge >= 0.3 is 0 Å². The van der Waals surface area contributed by atoms with Crippen LogP contribution in [0.2, 0.25) is 5.02 Å². The Bertz CT molecular complexity index is 296. The second-order valence-electron chi connectivity index (χ2n) is 3.10. The Hall–Kier alpha value is -0.840. The summed E-state index contributed by atoms with van der Waals surface area (Å²) >= 11 is 6.05. The van der Waals surface area contributed by atoms with Crippen LogP contribution in [0.4, 0.5) is 5.69 Å². The van der Waals surface area contributed by atoms with Crippen LogP contribution in [-0.4, -0.2) is 38.3 Å². The molecule has 0 aliphatic carbocycles. The first-order chi connectivity index (χ1) is 7.29. The van der Waals surface area contributed by atoms with E-state index in [2.05, 4.69) is 9.88 Å². The van der Waals surface area contributed by atoms with Crippen molar-refractivity contribution < 1.29 is 4.74 Å². The van der Waals surface area contributed by atoms with E-state index in [1.165, 1.54) is 0 Å². The second-order valence-corrected chi connectivity index (χ2v) is 3.50. The van der Waals surface area contributed by atoms with Crippen molar-refractivity contribution in [3.05, 3.63) is 23.5 Å². The summed E-state index contributed by atoms with van der Waals surface area (Å²) in [5.74, 6) is 0. The molecule has 0 fully saturated rings. The van der Waals surface area contributed by atoms with Gasteiger partial charge < -0.3 is 15.4 Å². The quantitative estimate of drug-likeness (QED) is 0.795. The highest BCUT2D eigenvalue weighted by atomic mass is 35.5. The van der Waals surface area contributed by atoms with Gasteiger partial charge in [0.15, 0.2) is 0 Å². The van der Waals surface area contributed by atoms with E-state index in [-0.39, 0.29) is 0 Å². The molecule has 0 aliphatic heterocycles. The van der Waals surface area contributed by atoms with Gasteiger partial charge in [-0.25, -0.2) is 0 Å². The molecule has 0 saturated heterocycles. The number of anilines is 1. The highest BCUT2D eigenvalue weighted by Crippen LogP contribution is 2.23. The van der Waals surface area contributed by atoms with Crippen LogP contribution in [0.15, 0.2) is 18.5 Å². The molecule has 0 spiro atoms. The van der Waals surface area contributed by atoms with Crippen molar-refractivity contribution in [3.63, 3.8) is 0 Å². The van der Waals surface area contributed by atoms with Crippen LogP contribution >= 0.6 is 11.6 Å². The van der Waals surface area contributed by atoms with Gasteiger partial charge in [-0.3, -0.25) is 4.98 Å². The lowest BCUT2D eigenvalue weighted by Gasteiger charge is -2.24. The zero-order valence-corrected chi connectivity index (χ0v) is 9.57. The van der Waals surface area contributed by atoms with Gasteiger partial charge in [0.25, 0.3) is 0 Å². The van der Waals surface area contributed by atoms with Crippen molar-refractivity contribution in [2.24, 2.45) is 5.73 Å². The summed E-state index contributed by atoms with van der Waals surface area (Å²) in [7, 11) is 1.68. The summed E-state index contributed by atoms with van der Waals surface area (Å²) in [6.07, 6.45) is 3.35. The zero-order chi connectivity index (χ0) is 11.1. The van der Waals surface area contributed by atoms with Crippen molar-refractivity contribution in [2.75, 3.05) is 38.3 Å². The first-order valence-corrected chi connectivity index (χ1v) is 5.21. The average molecular weight is 230 g/mol. The molecule has 1 heterocycles. The number of methoxy groups -OCH3 is 1. The van der Waals surface area contributed by atoms with Crippen LogP contribution in [0.1, 0.15) is 0 Å². The van der Waals surface area contributed by atoms with Crippen molar-refractivity contribution in [3.8, 4) is 0 Å². The van der Waals surface area contributed by atoms with Gasteiger partial charge in [-0.1, -0.05) is 11.6 Å². The lowest BCUT2D eigenvalue weighted by molar-refractivity contribution is 0.205. The molecular formula is C10H16ClN3O. The third kappa shape index (κ3) is 3.66. The number of halogens is 1. The summed E-state index contributed by atoms with van der Waals surface area (Å²) in [4.78, 5) is 6.04. The highest BCUT2D eigenvalue weighted by molar-refractivity contribution is 6.33. The number of pyridine rings is 1. The molecule has 1 aromatic rings. The van der Waals surface area contributed by atoms with Gasteiger partial charge in [-0.05, 0) is 6.07 Å². The molecule has 0 amide bonds. The molecule has 5 heteroatoms. The van der Waals surface area contributed by atoms with Gasteiger partial charge in [0.2, 0.25) is 0 Å². The van der Waals surface area contributed by atoms with Crippen molar-refractivity contribution >= 4 is 17.3 Å². The van der Waals surface area contributed by atoms with Crippen LogP contribution < -0.4 is 10.6 Å². The number of hydrogen-bond donors (Lipinski definition) is 1. The molecule has 84 valence electrons. The maximum Gasteiger partial charge on any atom is 0.0822 e. The largest absolute Gasteiger partial charge is 0.383 e. The molecule has 0 radical (unpaired) electrons. The minimum absolute atomic E-state index is 0.586. The van der Waals surface area contributed by atoms with Crippen molar-refractivity contribution in [2.45, 2.75) is 0 Å². The number of aromatic nitrogens is 1. The molecule has 0 aliphatic rings. The summed E-state index contributed by atoms with van der Waals surface area (Å²) in [5, 5.41) is 0.641. The van der Waals surface area contributed by atoms with Gasteiger partial charge in [0, 0.05) is 39.1 Å². The summed E-state index contributed by atoms with van der Waals surface area (Å²) in [6.45, 7) is 2.77. The fraction of sp³-hybridized carbons (Fsp3) is 0.500. The second kappa shape index (κ2) is 6.61. The minimum atomic E-state index is 0.586. The predicted molar refractivity (Wildman–Crippen MR) is 62.4 cm³/mol. The van der Waals surface area contributed by atoms with Gasteiger partial charge in [0.05, 0.1) is 17.3 Å². The standard InChI is InChI=1S/C10H16ClN3O/c1-15-7-6-14(5-3-12)10-2-4-13-8-9(10)11/h2,4,8H,3,5-7,12H2,1H3. The molecule has 0 saturated carbocycles. The molecule has 0 unspecified atom stereocenters. The molecule has 1 aromatic heterocycles. The third-order valence-corrected chi connectivity index (χ3v) is 2.35. The van der Waals surface area contributed by atoms with Crippen LogP contribution in [0.25, 0.3) is 0 Å². The van der Waals surface area contributed by atoms with Crippen LogP contribution in [0, 0.1) is 0 Å². The average Bonchev–Trinajstić information content (AvgIpc) is 2.25. The van der Waals surface area contributed by atoms with Crippen molar-refractivity contribution in [1.29, 1.82) is 0 Å². The summed E-state index contributed by atoms with van der Waals surface area (Å²) in [6, 6.07) is 1.88. The highest BCUT2D eigenvalue weighted by Gasteiger charge is 2.08. The number of ether oxygens (including phenoxy) is 1. The first-order valence-electron chi connectivity index (χ1n) is 4.83. The first kappa shape index (κ1) is 12.2. The maximum atomic E-state index is 6.05. The molecular weight excluding hydrogens is 214 g/mol. The summed E-state index contributed by atoms with van der Waals surface area (Å²) in [5.41, 5.74) is 6.50. The normalized spacial score (nSPS) is 10.3. The van der Waals surface area contributed by atoms with E-state index in [9.17, 15) is 0 Å². The summed E-state index contributed by atoms with van der Waals surface area (Å²) < 4.78 is 5.04. The number of nitrogens with zero attached hydrogens (tertiary/aromatic N) is 2. The Balaban J connectivity index is 2.74. The Kier molecular flexibility index (Phi) is 5.39. The number of hydrogen-bond acceptors (Lipinski definition) is 4. The van der Waals surface area contributed by atoms with Crippen LogP contribution in [-0.2, 0) is 4.74 Å². The SMILES string of the molecule is COCCN(CCN)c1ccncc1Cl. The van der Waals surface area contributed by atoms with Gasteiger partial charge in [-0.15, -0.1) is 0 Å². The van der Waals surface area contributed by atoms with E-state index < -0.39 is 0 Å². The Labute approximate surface area is 95.0 Å². The van der Waals surface area contributed by atoms with Crippen molar-refractivity contribution in [1.82, 2.24) is 4.98 Å². The monoisotopic (exact) mass is 229 g/mol. The minimum Gasteiger partial charge on any atom is -0.383 e. The lowest BCUT2D eigenvalue weighted by atomic mass is 10.3. The topological polar surface area (TPSA) is 51.4 Å².